The zero-order valence-corrected chi connectivity index (χ0v) is 14.8. The summed E-state index contributed by atoms with van der Waals surface area (Å²) in [5.74, 6) is 2.09. The summed E-state index contributed by atoms with van der Waals surface area (Å²) in [6.45, 7) is 4.26. The van der Waals surface area contributed by atoms with Crippen LogP contribution in [0.25, 0.3) is 0 Å². The highest BCUT2D eigenvalue weighted by Crippen LogP contribution is 2.18. The minimum Gasteiger partial charge on any atom is -0.497 e. The zero-order chi connectivity index (χ0) is 17.6. The molecule has 1 saturated heterocycles. The third-order valence-corrected chi connectivity index (χ3v) is 4.35. The van der Waals surface area contributed by atoms with Gasteiger partial charge in [0, 0.05) is 25.7 Å². The van der Waals surface area contributed by atoms with Crippen LogP contribution in [0.4, 0.5) is 5.82 Å². The van der Waals surface area contributed by atoms with Gasteiger partial charge >= 0.3 is 0 Å². The van der Waals surface area contributed by atoms with Crippen molar-refractivity contribution in [3.8, 4) is 5.75 Å². The van der Waals surface area contributed by atoms with Crippen molar-refractivity contribution in [1.29, 1.82) is 0 Å². The second kappa shape index (κ2) is 7.96. The Bertz CT molecular complexity index is 725. The number of hydrogen-bond donors (Lipinski definition) is 1. The molecule has 2 aromatic rings. The number of hydrogen-bond acceptors (Lipinski definition) is 5. The fourth-order valence-corrected chi connectivity index (χ4v) is 2.97. The number of anilines is 1. The first-order valence-corrected chi connectivity index (χ1v) is 8.67. The molecule has 6 heteroatoms. The number of aryl methyl sites for hydroxylation is 1. The molecule has 0 unspecified atom stereocenters. The predicted octanol–water partition coefficient (Wildman–Crippen LogP) is 2.71. The number of piperidine rings is 1. The largest absolute Gasteiger partial charge is 0.497 e. The van der Waals surface area contributed by atoms with E-state index in [1.807, 2.05) is 31.2 Å². The van der Waals surface area contributed by atoms with E-state index in [-0.39, 0.29) is 5.91 Å². The van der Waals surface area contributed by atoms with Gasteiger partial charge in [-0.25, -0.2) is 9.97 Å². The number of methoxy groups -OCH3 is 1. The minimum absolute atomic E-state index is 0.181. The Morgan fingerprint density at radius 2 is 1.88 bits per heavy atom. The summed E-state index contributed by atoms with van der Waals surface area (Å²) in [5, 5.41) is 2.92. The summed E-state index contributed by atoms with van der Waals surface area (Å²) < 4.78 is 5.14. The van der Waals surface area contributed by atoms with Gasteiger partial charge in [-0.05, 0) is 43.9 Å². The molecule has 0 saturated carbocycles. The van der Waals surface area contributed by atoms with E-state index in [0.29, 0.717) is 18.1 Å². The van der Waals surface area contributed by atoms with Gasteiger partial charge in [-0.2, -0.15) is 0 Å². The molecule has 0 spiro atoms. The number of carbonyl (C=O) groups is 1. The number of nitrogens with zero attached hydrogens (tertiary/aromatic N) is 3. The Morgan fingerprint density at radius 1 is 1.16 bits per heavy atom. The Kier molecular flexibility index (Phi) is 5.48. The van der Waals surface area contributed by atoms with Crippen LogP contribution in [0.15, 0.2) is 30.3 Å². The quantitative estimate of drug-likeness (QED) is 0.906. The molecule has 1 fully saturated rings. The van der Waals surface area contributed by atoms with E-state index in [0.717, 1.165) is 30.2 Å². The third kappa shape index (κ3) is 4.47. The fraction of sp³-hybridized carbons (Fsp3) is 0.421. The first kappa shape index (κ1) is 17.2. The molecule has 1 amide bonds. The van der Waals surface area contributed by atoms with Crippen LogP contribution in [0, 0.1) is 6.92 Å². The van der Waals surface area contributed by atoms with Crippen LogP contribution in [0.1, 0.15) is 41.1 Å². The van der Waals surface area contributed by atoms with Gasteiger partial charge in [0.15, 0.2) is 0 Å². The van der Waals surface area contributed by atoms with Crippen molar-refractivity contribution in [2.75, 3.05) is 25.1 Å². The van der Waals surface area contributed by atoms with Crippen LogP contribution in [-0.4, -0.2) is 36.1 Å². The zero-order valence-electron chi connectivity index (χ0n) is 14.8. The smallest absolute Gasteiger partial charge is 0.270 e. The maximum atomic E-state index is 12.5. The second-order valence-electron chi connectivity index (χ2n) is 6.24. The second-order valence-corrected chi connectivity index (χ2v) is 6.24. The van der Waals surface area contributed by atoms with Crippen molar-refractivity contribution >= 4 is 11.7 Å². The topological polar surface area (TPSA) is 67.3 Å². The van der Waals surface area contributed by atoms with Crippen LogP contribution in [0.2, 0.25) is 0 Å². The Morgan fingerprint density at radius 3 is 2.56 bits per heavy atom. The van der Waals surface area contributed by atoms with Crippen LogP contribution in [0.5, 0.6) is 5.75 Å². The molecule has 25 heavy (non-hydrogen) atoms. The number of benzene rings is 1. The van der Waals surface area contributed by atoms with Gasteiger partial charge in [-0.3, -0.25) is 4.79 Å². The Labute approximate surface area is 148 Å². The summed E-state index contributed by atoms with van der Waals surface area (Å²) >= 11 is 0. The van der Waals surface area contributed by atoms with Gasteiger partial charge < -0.3 is 15.0 Å². The number of rotatable bonds is 5. The van der Waals surface area contributed by atoms with E-state index in [2.05, 4.69) is 20.2 Å². The van der Waals surface area contributed by atoms with E-state index < -0.39 is 0 Å². The lowest BCUT2D eigenvalue weighted by Gasteiger charge is -2.28. The summed E-state index contributed by atoms with van der Waals surface area (Å²) in [4.78, 5) is 23.5. The SMILES string of the molecule is COc1ccc(CNC(=O)c2cc(N3CCCCC3)nc(C)n2)cc1. The molecule has 0 aliphatic carbocycles. The van der Waals surface area contributed by atoms with Crippen molar-refractivity contribution in [1.82, 2.24) is 15.3 Å². The van der Waals surface area contributed by atoms with Crippen molar-refractivity contribution in [3.63, 3.8) is 0 Å². The fourth-order valence-electron chi connectivity index (χ4n) is 2.97. The first-order chi connectivity index (χ1) is 12.2. The monoisotopic (exact) mass is 340 g/mol. The maximum absolute atomic E-state index is 12.5. The molecule has 3 rings (SSSR count). The summed E-state index contributed by atoms with van der Waals surface area (Å²) in [6, 6.07) is 9.42. The molecule has 6 nitrogen and oxygen atoms in total. The highest BCUT2D eigenvalue weighted by molar-refractivity contribution is 5.92. The van der Waals surface area contributed by atoms with Gasteiger partial charge in [0.2, 0.25) is 0 Å². The van der Waals surface area contributed by atoms with Gasteiger partial charge in [-0.15, -0.1) is 0 Å². The van der Waals surface area contributed by atoms with Crippen molar-refractivity contribution in [2.24, 2.45) is 0 Å². The van der Waals surface area contributed by atoms with Crippen LogP contribution >= 0.6 is 0 Å². The Hall–Kier alpha value is -2.63. The Balaban J connectivity index is 1.67. The summed E-state index contributed by atoms with van der Waals surface area (Å²) in [6.07, 6.45) is 3.60. The van der Waals surface area contributed by atoms with Crippen LogP contribution in [0.3, 0.4) is 0 Å². The lowest BCUT2D eigenvalue weighted by atomic mass is 10.1. The molecule has 1 aliphatic rings. The molecular formula is C19H24N4O2. The molecule has 1 N–H and O–H groups in total. The molecule has 0 bridgehead atoms. The lowest BCUT2D eigenvalue weighted by Crippen LogP contribution is -2.31. The summed E-state index contributed by atoms with van der Waals surface area (Å²) in [7, 11) is 1.63. The minimum atomic E-state index is -0.181. The van der Waals surface area contributed by atoms with E-state index in [4.69, 9.17) is 4.74 Å². The van der Waals surface area contributed by atoms with E-state index in [9.17, 15) is 4.79 Å². The van der Waals surface area contributed by atoms with Gasteiger partial charge in [0.1, 0.15) is 23.1 Å². The number of aromatic nitrogens is 2. The molecule has 0 atom stereocenters. The highest BCUT2D eigenvalue weighted by atomic mass is 16.5. The van der Waals surface area contributed by atoms with E-state index in [1.165, 1.54) is 19.3 Å². The number of carbonyl (C=O) groups excluding carboxylic acids is 1. The van der Waals surface area contributed by atoms with E-state index in [1.54, 1.807) is 13.2 Å². The number of amides is 1. The third-order valence-electron chi connectivity index (χ3n) is 4.35. The van der Waals surface area contributed by atoms with Crippen LogP contribution < -0.4 is 15.0 Å². The van der Waals surface area contributed by atoms with Gasteiger partial charge in [-0.1, -0.05) is 12.1 Å². The van der Waals surface area contributed by atoms with E-state index >= 15 is 0 Å². The van der Waals surface area contributed by atoms with Crippen molar-refractivity contribution in [2.45, 2.75) is 32.7 Å². The molecule has 2 heterocycles. The number of nitrogens with one attached hydrogen (secondary N) is 1. The molecular weight excluding hydrogens is 316 g/mol. The normalized spacial score (nSPS) is 14.2. The highest BCUT2D eigenvalue weighted by Gasteiger charge is 2.16. The van der Waals surface area contributed by atoms with Gasteiger partial charge in [0.05, 0.1) is 7.11 Å². The maximum Gasteiger partial charge on any atom is 0.270 e. The van der Waals surface area contributed by atoms with Crippen molar-refractivity contribution in [3.05, 3.63) is 47.4 Å². The molecule has 1 aromatic heterocycles. The summed E-state index contributed by atoms with van der Waals surface area (Å²) in [5.41, 5.74) is 1.43. The molecule has 132 valence electrons. The van der Waals surface area contributed by atoms with Crippen molar-refractivity contribution < 1.29 is 9.53 Å². The average molecular weight is 340 g/mol. The molecule has 0 radical (unpaired) electrons. The van der Waals surface area contributed by atoms with Crippen LogP contribution in [-0.2, 0) is 6.54 Å². The lowest BCUT2D eigenvalue weighted by molar-refractivity contribution is 0.0945. The standard InChI is InChI=1S/C19H24N4O2/c1-14-21-17(12-18(22-14)23-10-4-3-5-11-23)19(24)20-13-15-6-8-16(25-2)9-7-15/h6-9,12H,3-5,10-11,13H2,1-2H3,(H,20,24). The predicted molar refractivity (Wildman–Crippen MR) is 97.0 cm³/mol. The number of ether oxygens (including phenoxy) is 1. The average Bonchev–Trinajstić information content (AvgIpc) is 2.66. The molecule has 1 aromatic carbocycles. The van der Waals surface area contributed by atoms with Gasteiger partial charge in [0.25, 0.3) is 5.91 Å². The first-order valence-electron chi connectivity index (χ1n) is 8.67. The molecule has 1 aliphatic heterocycles.